The lowest BCUT2D eigenvalue weighted by Gasteiger charge is -2.37. The molecule has 1 unspecified atom stereocenters. The summed E-state index contributed by atoms with van der Waals surface area (Å²) in [6.45, 7) is 2.22. The number of hydrogen-bond acceptors (Lipinski definition) is 7. The van der Waals surface area contributed by atoms with E-state index in [0.29, 0.717) is 12.8 Å². The zero-order valence-corrected chi connectivity index (χ0v) is 18.4. The molecule has 0 bridgehead atoms. The highest BCUT2D eigenvalue weighted by molar-refractivity contribution is 6.14. The molecule has 33 heavy (non-hydrogen) atoms. The molecule has 1 aliphatic heterocycles. The van der Waals surface area contributed by atoms with E-state index < -0.39 is 23.3 Å². The molecule has 3 rings (SSSR count). The highest BCUT2D eigenvalue weighted by Gasteiger charge is 2.32. The van der Waals surface area contributed by atoms with Crippen LogP contribution in [0.5, 0.6) is 5.75 Å². The van der Waals surface area contributed by atoms with Gasteiger partial charge in [-0.2, -0.15) is 4.39 Å². The summed E-state index contributed by atoms with van der Waals surface area (Å²) in [5, 5.41) is 7.95. The molecule has 0 saturated carbocycles. The minimum absolute atomic E-state index is 0.104. The second kappa shape index (κ2) is 10.8. The van der Waals surface area contributed by atoms with E-state index in [2.05, 4.69) is 19.9 Å². The van der Waals surface area contributed by atoms with E-state index in [0.717, 1.165) is 37.0 Å². The number of nitrogens with two attached hydrogens (primary N) is 2. The second-order valence-corrected chi connectivity index (χ2v) is 7.91. The molecule has 1 amide bonds. The predicted octanol–water partition coefficient (Wildman–Crippen LogP) is 2.07. The number of carbonyl (C=O) groups excluding carboxylic acids is 1. The number of benzene rings is 1. The van der Waals surface area contributed by atoms with E-state index in [4.69, 9.17) is 21.6 Å². The minimum atomic E-state index is -1.08. The molecule has 0 spiro atoms. The standard InChI is InChI=1S/C23H28FN7O2/c1-33-18-4-2-3-16(11-18)14-31-9-6-23(15-25,7-10-31)29-13-19(22(27)32)21(26)30-17-5-8-28-20(24)12-17/h2-5,8,11-13,15,19,25H,6-7,9-10,14H2,1H3,(H2,27,32)(H2,26,28,30). The van der Waals surface area contributed by atoms with E-state index >= 15 is 0 Å². The molecule has 1 aliphatic rings. The van der Waals surface area contributed by atoms with Crippen molar-refractivity contribution in [1.82, 2.24) is 9.88 Å². The maximum atomic E-state index is 13.3. The van der Waals surface area contributed by atoms with E-state index in [-0.39, 0.29) is 11.5 Å². The summed E-state index contributed by atoms with van der Waals surface area (Å²) in [5.41, 5.74) is 12.1. The molecule has 10 heteroatoms. The van der Waals surface area contributed by atoms with Gasteiger partial charge in [0.25, 0.3) is 0 Å². The van der Waals surface area contributed by atoms with Crippen molar-refractivity contribution in [3.63, 3.8) is 0 Å². The summed E-state index contributed by atoms with van der Waals surface area (Å²) < 4.78 is 18.6. The van der Waals surface area contributed by atoms with Crippen LogP contribution >= 0.6 is 0 Å². The highest BCUT2D eigenvalue weighted by Crippen LogP contribution is 2.26. The third-order valence-electron chi connectivity index (χ3n) is 5.61. The average molecular weight is 454 g/mol. The van der Waals surface area contributed by atoms with Crippen molar-refractivity contribution < 1.29 is 13.9 Å². The number of likely N-dealkylation sites (tertiary alicyclic amines) is 1. The zero-order chi connectivity index (χ0) is 23.8. The first-order valence-electron chi connectivity index (χ1n) is 10.5. The molecule has 9 nitrogen and oxygen atoms in total. The average Bonchev–Trinajstić information content (AvgIpc) is 2.80. The Kier molecular flexibility index (Phi) is 7.83. The molecular weight excluding hydrogens is 425 g/mol. The Morgan fingerprint density at radius 3 is 2.73 bits per heavy atom. The van der Waals surface area contributed by atoms with Crippen LogP contribution in [-0.4, -0.2) is 59.8 Å². The van der Waals surface area contributed by atoms with Crippen molar-refractivity contribution in [3.05, 3.63) is 54.1 Å². The SMILES string of the molecule is COc1cccc(CN2CCC(C=N)(N=CC(C(N)=O)C(N)=Nc3ccnc(F)c3)CC2)c1. The normalized spacial score (nSPS) is 17.6. The predicted molar refractivity (Wildman–Crippen MR) is 126 cm³/mol. The fourth-order valence-corrected chi connectivity index (χ4v) is 3.64. The van der Waals surface area contributed by atoms with Crippen LogP contribution in [0.1, 0.15) is 18.4 Å². The van der Waals surface area contributed by atoms with Crippen LogP contribution in [0.15, 0.2) is 52.6 Å². The van der Waals surface area contributed by atoms with Crippen LogP contribution in [-0.2, 0) is 11.3 Å². The first kappa shape index (κ1) is 24.0. The van der Waals surface area contributed by atoms with Gasteiger partial charge in [-0.05, 0) is 36.6 Å². The summed E-state index contributed by atoms with van der Waals surface area (Å²) in [6, 6.07) is 10.5. The highest BCUT2D eigenvalue weighted by atomic mass is 19.1. The van der Waals surface area contributed by atoms with Gasteiger partial charge in [-0.15, -0.1) is 0 Å². The van der Waals surface area contributed by atoms with Crippen LogP contribution in [0.2, 0.25) is 0 Å². The number of piperidine rings is 1. The number of rotatable bonds is 9. The maximum Gasteiger partial charge on any atom is 0.233 e. The quantitative estimate of drug-likeness (QED) is 0.303. The third kappa shape index (κ3) is 6.42. The van der Waals surface area contributed by atoms with Gasteiger partial charge in [0.15, 0.2) is 0 Å². The van der Waals surface area contributed by atoms with Gasteiger partial charge in [0, 0.05) is 44.3 Å². The minimum Gasteiger partial charge on any atom is -0.497 e. The second-order valence-electron chi connectivity index (χ2n) is 7.91. The van der Waals surface area contributed by atoms with Gasteiger partial charge in [0.05, 0.1) is 18.3 Å². The Labute approximate surface area is 191 Å². The summed E-state index contributed by atoms with van der Waals surface area (Å²) >= 11 is 0. The summed E-state index contributed by atoms with van der Waals surface area (Å²) in [5.74, 6) is -1.81. The van der Waals surface area contributed by atoms with Crippen molar-refractivity contribution in [2.75, 3.05) is 20.2 Å². The molecule has 1 atom stereocenters. The first-order valence-corrected chi connectivity index (χ1v) is 10.5. The molecule has 5 N–H and O–H groups in total. The smallest absolute Gasteiger partial charge is 0.233 e. The van der Waals surface area contributed by atoms with Gasteiger partial charge in [0.2, 0.25) is 11.9 Å². The number of pyridine rings is 1. The van der Waals surface area contributed by atoms with Crippen LogP contribution in [0, 0.1) is 17.3 Å². The van der Waals surface area contributed by atoms with Crippen molar-refractivity contribution in [2.24, 2.45) is 27.4 Å². The molecule has 0 aliphatic carbocycles. The monoisotopic (exact) mass is 453 g/mol. The number of aromatic nitrogens is 1. The fourth-order valence-electron chi connectivity index (χ4n) is 3.64. The molecule has 0 radical (unpaired) electrons. The number of amidine groups is 1. The maximum absolute atomic E-state index is 13.3. The van der Waals surface area contributed by atoms with Crippen LogP contribution in [0.25, 0.3) is 0 Å². The molecule has 1 fully saturated rings. The summed E-state index contributed by atoms with van der Waals surface area (Å²) in [4.78, 5) is 26.3. The summed E-state index contributed by atoms with van der Waals surface area (Å²) in [7, 11) is 1.64. The van der Waals surface area contributed by atoms with Gasteiger partial charge in [-0.3, -0.25) is 14.7 Å². The lowest BCUT2D eigenvalue weighted by Crippen LogP contribution is -2.45. The Morgan fingerprint density at radius 1 is 1.33 bits per heavy atom. The summed E-state index contributed by atoms with van der Waals surface area (Å²) in [6.07, 6.45) is 5.11. The van der Waals surface area contributed by atoms with Crippen molar-refractivity contribution in [3.8, 4) is 5.75 Å². The Hall–Kier alpha value is -3.66. The van der Waals surface area contributed by atoms with Gasteiger partial charge < -0.3 is 21.6 Å². The molecule has 1 aromatic heterocycles. The lowest BCUT2D eigenvalue weighted by molar-refractivity contribution is -0.118. The zero-order valence-electron chi connectivity index (χ0n) is 18.4. The number of halogens is 1. The number of ether oxygens (including phenoxy) is 1. The molecule has 174 valence electrons. The third-order valence-corrected chi connectivity index (χ3v) is 5.61. The number of nitrogens with zero attached hydrogens (tertiary/aromatic N) is 4. The number of methoxy groups -OCH3 is 1. The van der Waals surface area contributed by atoms with E-state index in [1.807, 2.05) is 24.3 Å². The molecule has 1 aromatic carbocycles. The van der Waals surface area contributed by atoms with Crippen LogP contribution < -0.4 is 16.2 Å². The number of carbonyl (C=O) groups is 1. The van der Waals surface area contributed by atoms with E-state index in [9.17, 15) is 9.18 Å². The van der Waals surface area contributed by atoms with Crippen molar-refractivity contribution in [1.29, 1.82) is 5.41 Å². The van der Waals surface area contributed by atoms with E-state index in [1.54, 1.807) is 7.11 Å². The number of aliphatic imine (C=N–C) groups is 2. The number of hydrogen-bond donors (Lipinski definition) is 3. The van der Waals surface area contributed by atoms with Gasteiger partial charge in [-0.25, -0.2) is 9.98 Å². The van der Waals surface area contributed by atoms with Crippen LogP contribution in [0.4, 0.5) is 10.1 Å². The molecule has 2 heterocycles. The Balaban J connectivity index is 1.68. The Bertz CT molecular complexity index is 1050. The van der Waals surface area contributed by atoms with Crippen molar-refractivity contribution in [2.45, 2.75) is 24.9 Å². The largest absolute Gasteiger partial charge is 0.497 e. The van der Waals surface area contributed by atoms with Crippen molar-refractivity contribution >= 4 is 29.9 Å². The fraction of sp³-hybridized carbons (Fsp3) is 0.348. The van der Waals surface area contributed by atoms with E-state index in [1.165, 1.54) is 24.7 Å². The van der Waals surface area contributed by atoms with Gasteiger partial charge in [0.1, 0.15) is 17.5 Å². The van der Waals surface area contributed by atoms with Gasteiger partial charge >= 0.3 is 0 Å². The topological polar surface area (TPSA) is 143 Å². The number of nitrogens with one attached hydrogen (secondary N) is 1. The molecular formula is C23H28FN7O2. The molecule has 2 aromatic rings. The number of amides is 1. The Morgan fingerprint density at radius 2 is 2.09 bits per heavy atom. The van der Waals surface area contributed by atoms with Crippen LogP contribution in [0.3, 0.4) is 0 Å². The molecule has 1 saturated heterocycles. The van der Waals surface area contributed by atoms with Gasteiger partial charge in [-0.1, -0.05) is 12.1 Å². The first-order chi connectivity index (χ1) is 15.8. The number of primary amides is 1. The lowest BCUT2D eigenvalue weighted by atomic mass is 9.89.